The van der Waals surface area contributed by atoms with E-state index in [1.165, 1.54) is 50.1 Å². The van der Waals surface area contributed by atoms with Gasteiger partial charge < -0.3 is 22.7 Å². The molecule has 0 saturated heterocycles. The summed E-state index contributed by atoms with van der Waals surface area (Å²) in [4.78, 5) is 0. The Hall–Kier alpha value is -6.46. The van der Waals surface area contributed by atoms with Crippen molar-refractivity contribution in [2.75, 3.05) is 6.79 Å². The third kappa shape index (κ3) is 25.5. The average molecular weight is 933 g/mol. The largest absolute Gasteiger partial charge is 0.469 e. The number of hydrogen-bond acceptors (Lipinski definition) is 5. The zero-order valence-corrected chi connectivity index (χ0v) is 44.5. The van der Waals surface area contributed by atoms with Crippen molar-refractivity contribution in [2.45, 2.75) is 141 Å². The van der Waals surface area contributed by atoms with Crippen LogP contribution in [-0.4, -0.2) is 6.79 Å². The summed E-state index contributed by atoms with van der Waals surface area (Å²) in [5, 5.41) is 0. The van der Waals surface area contributed by atoms with Crippen molar-refractivity contribution in [1.29, 1.82) is 0 Å². The van der Waals surface area contributed by atoms with E-state index in [1.54, 1.807) is 12.5 Å². The maximum Gasteiger partial charge on any atom is 0.231 e. The van der Waals surface area contributed by atoms with Crippen LogP contribution >= 0.6 is 0 Å². The quantitative estimate of drug-likeness (QED) is 0.152. The standard InChI is InChI=1S/C9H10O2.3C9H12.C8H10.2C7H10O.C6H8O/c1-2-7-3-4-8-9(5-7)11-6-10-8;1-3-9-6-4-8(2)5-7-9;1-3-9-6-4-5-8(2)7-9;1-3-9-7-5-4-6-8(9)2;1-2-8-6-4-3-5-7-8;1-3-7-4-6(2)5-8-7;1-3-7-5-4-6(2)8-7;1-2-6-4-3-5-7-6/h3-5H,2,6H2,1H3;3*4-7H,3H2,1-2H3;3-7H,2H2,1H3;2*4-5H,3H2,1-2H3;3-5H,2H2,1H3. The first kappa shape index (κ1) is 58.7. The highest BCUT2D eigenvalue weighted by Gasteiger charge is 2.12. The molecule has 0 amide bonds. The van der Waals surface area contributed by atoms with Crippen LogP contribution < -0.4 is 9.47 Å². The Bertz CT molecular complexity index is 2410. The molecule has 0 aliphatic carbocycles. The van der Waals surface area contributed by atoms with E-state index in [1.807, 2.05) is 56.3 Å². The van der Waals surface area contributed by atoms with Crippen molar-refractivity contribution >= 4 is 0 Å². The first-order chi connectivity index (χ1) is 33.4. The van der Waals surface area contributed by atoms with Gasteiger partial charge in [-0.1, -0.05) is 176 Å². The summed E-state index contributed by atoms with van der Waals surface area (Å²) in [6.07, 6.45) is 12.1. The number of hydrogen-bond donors (Lipinski definition) is 0. The zero-order valence-electron chi connectivity index (χ0n) is 44.5. The number of ether oxygens (including phenoxy) is 2. The van der Waals surface area contributed by atoms with Crippen molar-refractivity contribution in [2.24, 2.45) is 0 Å². The Labute approximate surface area is 418 Å². The molecule has 5 nitrogen and oxygen atoms in total. The fraction of sp³-hybridized carbons (Fsp3) is 0.344. The van der Waals surface area contributed by atoms with Crippen molar-refractivity contribution < 1.29 is 22.7 Å². The Morgan fingerprint density at radius 1 is 0.362 bits per heavy atom. The fourth-order valence-electron chi connectivity index (χ4n) is 6.50. The number of furan rings is 3. The lowest BCUT2D eigenvalue weighted by Gasteiger charge is -1.98. The maximum atomic E-state index is 5.23. The first-order valence-electron chi connectivity index (χ1n) is 25.1. The van der Waals surface area contributed by atoms with Gasteiger partial charge in [-0.05, 0) is 148 Å². The summed E-state index contributed by atoms with van der Waals surface area (Å²) in [7, 11) is 0. The second-order valence-electron chi connectivity index (χ2n) is 16.6. The highest BCUT2D eigenvalue weighted by atomic mass is 16.7. The molecule has 0 spiro atoms. The smallest absolute Gasteiger partial charge is 0.231 e. The normalized spacial score (nSPS) is 10.2. The van der Waals surface area contributed by atoms with Crippen LogP contribution in [0.5, 0.6) is 11.5 Å². The lowest BCUT2D eigenvalue weighted by molar-refractivity contribution is 0.174. The van der Waals surface area contributed by atoms with Crippen LogP contribution in [0.1, 0.15) is 129 Å². The van der Waals surface area contributed by atoms with Gasteiger partial charge in [-0.2, -0.15) is 0 Å². The molecule has 8 aromatic rings. The predicted octanol–water partition coefficient (Wildman–Crippen LogP) is 18.0. The third-order valence-corrected chi connectivity index (χ3v) is 11.0. The molecule has 0 radical (unpaired) electrons. The molecule has 1 aliphatic heterocycles. The van der Waals surface area contributed by atoms with Crippen LogP contribution in [0.4, 0.5) is 0 Å². The number of benzene rings is 5. The Kier molecular flexibility index (Phi) is 30.3. The minimum absolute atomic E-state index is 0.364. The number of rotatable bonds is 8. The molecule has 0 saturated carbocycles. The molecule has 1 aliphatic rings. The molecule has 0 N–H and O–H groups in total. The van der Waals surface area contributed by atoms with Crippen LogP contribution in [0.25, 0.3) is 0 Å². The van der Waals surface area contributed by atoms with Crippen molar-refractivity contribution in [1.82, 2.24) is 0 Å². The van der Waals surface area contributed by atoms with Crippen LogP contribution in [0.3, 0.4) is 0 Å². The summed E-state index contributed by atoms with van der Waals surface area (Å²) in [5.74, 6) is 5.94. The Morgan fingerprint density at radius 3 is 1.38 bits per heavy atom. The molecule has 4 heterocycles. The second kappa shape index (κ2) is 35.7. The van der Waals surface area contributed by atoms with Gasteiger partial charge in [-0.25, -0.2) is 0 Å². The van der Waals surface area contributed by atoms with E-state index in [-0.39, 0.29) is 0 Å². The summed E-state index contributed by atoms with van der Waals surface area (Å²) in [6.45, 7) is 27.8. The van der Waals surface area contributed by atoms with E-state index >= 15 is 0 Å². The van der Waals surface area contributed by atoms with Gasteiger partial charge in [0, 0.05) is 19.3 Å². The second-order valence-corrected chi connectivity index (χ2v) is 16.6. The lowest BCUT2D eigenvalue weighted by atomic mass is 10.1. The Balaban J connectivity index is 0.000000271. The highest BCUT2D eigenvalue weighted by Crippen LogP contribution is 2.32. The summed E-state index contributed by atoms with van der Waals surface area (Å²) < 4.78 is 25.7. The molecule has 0 unspecified atom stereocenters. The average Bonchev–Trinajstić information content (AvgIpc) is 4.25. The van der Waals surface area contributed by atoms with Gasteiger partial charge in [0.1, 0.15) is 23.0 Å². The van der Waals surface area contributed by atoms with Crippen LogP contribution in [0.15, 0.2) is 177 Å². The van der Waals surface area contributed by atoms with E-state index in [0.717, 1.165) is 85.9 Å². The van der Waals surface area contributed by atoms with Gasteiger partial charge in [0.2, 0.25) is 6.79 Å². The minimum atomic E-state index is 0.364. The third-order valence-electron chi connectivity index (χ3n) is 11.0. The zero-order chi connectivity index (χ0) is 50.7. The first-order valence-corrected chi connectivity index (χ1v) is 25.1. The van der Waals surface area contributed by atoms with Crippen molar-refractivity contribution in [3.8, 4) is 11.5 Å². The monoisotopic (exact) mass is 933 g/mol. The highest BCUT2D eigenvalue weighted by molar-refractivity contribution is 5.44. The summed E-state index contributed by atoms with van der Waals surface area (Å²) in [6, 6.07) is 52.2. The van der Waals surface area contributed by atoms with Gasteiger partial charge in [-0.15, -0.1) is 0 Å². The molecule has 9 rings (SSSR count). The lowest BCUT2D eigenvalue weighted by Crippen LogP contribution is -1.92. The fourth-order valence-corrected chi connectivity index (χ4v) is 6.50. The van der Waals surface area contributed by atoms with E-state index in [4.69, 9.17) is 22.7 Å². The molecule has 5 heteroatoms. The van der Waals surface area contributed by atoms with E-state index in [2.05, 4.69) is 185 Å². The minimum Gasteiger partial charge on any atom is -0.469 e. The van der Waals surface area contributed by atoms with Gasteiger partial charge in [0.25, 0.3) is 0 Å². The SMILES string of the molecule is CCc1cc(C)co1.CCc1ccc(C)cc1.CCc1ccc(C)o1.CCc1ccc2c(c1)OCO2.CCc1cccc(C)c1.CCc1ccccc1.CCc1ccccc1C.CCc1ccco1. The molecule has 0 fully saturated rings. The van der Waals surface area contributed by atoms with Crippen LogP contribution in [0.2, 0.25) is 0 Å². The molecule has 0 bridgehead atoms. The molecule has 0 atom stereocenters. The molecule has 69 heavy (non-hydrogen) atoms. The van der Waals surface area contributed by atoms with E-state index in [9.17, 15) is 0 Å². The predicted molar refractivity (Wildman–Crippen MR) is 293 cm³/mol. The molecular weight excluding hydrogens is 849 g/mol. The van der Waals surface area contributed by atoms with Crippen LogP contribution in [0, 0.1) is 34.6 Å². The van der Waals surface area contributed by atoms with Crippen LogP contribution in [-0.2, 0) is 51.4 Å². The number of fused-ring (bicyclic) bond motifs is 1. The topological polar surface area (TPSA) is 57.9 Å². The van der Waals surface area contributed by atoms with Gasteiger partial charge >= 0.3 is 0 Å². The van der Waals surface area contributed by atoms with Crippen molar-refractivity contribution in [3.05, 3.63) is 237 Å². The van der Waals surface area contributed by atoms with Gasteiger partial charge in [0.15, 0.2) is 11.5 Å². The molecule has 370 valence electrons. The molecule has 3 aromatic heterocycles. The van der Waals surface area contributed by atoms with Crippen molar-refractivity contribution in [3.63, 3.8) is 0 Å². The number of aryl methyl sites for hydroxylation is 13. The summed E-state index contributed by atoms with van der Waals surface area (Å²) >= 11 is 0. The maximum absolute atomic E-state index is 5.23. The molecule has 5 aromatic carbocycles. The van der Waals surface area contributed by atoms with Gasteiger partial charge in [0.05, 0.1) is 12.5 Å². The van der Waals surface area contributed by atoms with E-state index < -0.39 is 0 Å². The summed E-state index contributed by atoms with van der Waals surface area (Å²) in [5.41, 5.74) is 12.3. The van der Waals surface area contributed by atoms with Gasteiger partial charge in [-0.3, -0.25) is 0 Å². The Morgan fingerprint density at radius 2 is 0.942 bits per heavy atom. The van der Waals surface area contributed by atoms with E-state index in [0.29, 0.717) is 6.79 Å². The molecular formula is C64H84O5.